The molecule has 0 aliphatic heterocycles. The van der Waals surface area contributed by atoms with E-state index in [0.29, 0.717) is 40.8 Å². The number of amides is 1. The Balaban J connectivity index is 1.53. The lowest BCUT2D eigenvalue weighted by molar-refractivity contribution is -0.137. The monoisotopic (exact) mass is 594 g/mol. The molecule has 0 unspecified atom stereocenters. The third kappa shape index (κ3) is 6.56. The first kappa shape index (κ1) is 29.8. The molecule has 0 saturated heterocycles. The minimum absolute atomic E-state index is 0.140. The Labute approximate surface area is 247 Å². The predicted octanol–water partition coefficient (Wildman–Crippen LogP) is 5.59. The van der Waals surface area contributed by atoms with E-state index >= 15 is 0 Å². The van der Waals surface area contributed by atoms with Crippen molar-refractivity contribution in [2.24, 2.45) is 0 Å². The van der Waals surface area contributed by atoms with Gasteiger partial charge in [0, 0.05) is 38.3 Å². The van der Waals surface area contributed by atoms with Crippen LogP contribution in [0.2, 0.25) is 0 Å². The Morgan fingerprint density at radius 2 is 1.88 bits per heavy atom. The first-order valence-electron chi connectivity index (χ1n) is 13.7. The number of carbonyl (C=O) groups is 1. The van der Waals surface area contributed by atoms with Gasteiger partial charge in [0.25, 0.3) is 0 Å². The van der Waals surface area contributed by atoms with Crippen LogP contribution in [0.3, 0.4) is 0 Å². The maximum atomic E-state index is 13.4. The lowest BCUT2D eigenvalue weighted by atomic mass is 10.2. The average Bonchev–Trinajstić information content (AvgIpc) is 3.75. The molecule has 0 spiro atoms. The molecule has 13 heteroatoms. The van der Waals surface area contributed by atoms with E-state index in [2.05, 4.69) is 32.1 Å². The van der Waals surface area contributed by atoms with Gasteiger partial charge in [0.1, 0.15) is 17.4 Å². The highest BCUT2D eigenvalue weighted by Gasteiger charge is 2.34. The molecule has 1 saturated carbocycles. The summed E-state index contributed by atoms with van der Waals surface area (Å²) in [5.74, 6) is 1.60. The Morgan fingerprint density at radius 1 is 1.12 bits per heavy atom. The summed E-state index contributed by atoms with van der Waals surface area (Å²) in [6.45, 7) is 5.04. The van der Waals surface area contributed by atoms with E-state index in [1.165, 1.54) is 19.3 Å². The number of nitrogens with one attached hydrogen (secondary N) is 2. The van der Waals surface area contributed by atoms with Gasteiger partial charge in [-0.05, 0) is 63.3 Å². The van der Waals surface area contributed by atoms with Crippen molar-refractivity contribution in [3.63, 3.8) is 0 Å². The number of halogens is 3. The molecule has 1 amide bonds. The molecule has 0 atom stereocenters. The maximum absolute atomic E-state index is 13.4. The second-order valence-corrected chi connectivity index (χ2v) is 10.6. The number of aromatic nitrogens is 4. The molecule has 1 fully saturated rings. The van der Waals surface area contributed by atoms with Crippen LogP contribution in [0, 0.1) is 0 Å². The molecule has 2 aromatic carbocycles. The third-order valence-corrected chi connectivity index (χ3v) is 7.12. The van der Waals surface area contributed by atoms with E-state index < -0.39 is 11.7 Å². The average molecular weight is 595 g/mol. The number of hydrogen-bond acceptors (Lipinski definition) is 8. The fraction of sp³-hybridized carbons (Fsp3) is 0.333. The fourth-order valence-corrected chi connectivity index (χ4v) is 4.69. The smallest absolute Gasteiger partial charge is 0.416 e. The van der Waals surface area contributed by atoms with Gasteiger partial charge >= 0.3 is 6.18 Å². The van der Waals surface area contributed by atoms with Gasteiger partial charge in [0.15, 0.2) is 0 Å². The number of nitrogens with zero attached hydrogens (tertiary/aromatic N) is 6. The minimum atomic E-state index is -4.47. The van der Waals surface area contributed by atoms with Crippen molar-refractivity contribution in [1.29, 1.82) is 0 Å². The van der Waals surface area contributed by atoms with Crippen molar-refractivity contribution in [2.45, 2.75) is 24.9 Å². The van der Waals surface area contributed by atoms with Gasteiger partial charge in [-0.25, -0.2) is 9.97 Å². The van der Waals surface area contributed by atoms with Crippen LogP contribution in [0.5, 0.6) is 5.75 Å². The summed E-state index contributed by atoms with van der Waals surface area (Å²) >= 11 is 0. The fourth-order valence-electron chi connectivity index (χ4n) is 4.69. The summed E-state index contributed by atoms with van der Waals surface area (Å²) in [6, 6.07) is 8.78. The van der Waals surface area contributed by atoms with Gasteiger partial charge in [-0.2, -0.15) is 18.2 Å². The predicted molar refractivity (Wildman–Crippen MR) is 161 cm³/mol. The largest absolute Gasteiger partial charge is 0.494 e. The summed E-state index contributed by atoms with van der Waals surface area (Å²) in [4.78, 5) is 30.0. The highest BCUT2D eigenvalue weighted by molar-refractivity contribution is 6.02. The number of anilines is 4. The van der Waals surface area contributed by atoms with Gasteiger partial charge in [-0.1, -0.05) is 6.58 Å². The molecular formula is C30H33F3N8O2. The van der Waals surface area contributed by atoms with E-state index in [1.807, 2.05) is 32.1 Å². The summed E-state index contributed by atoms with van der Waals surface area (Å²) < 4.78 is 47.6. The van der Waals surface area contributed by atoms with E-state index in [9.17, 15) is 18.0 Å². The topological polar surface area (TPSA) is 100 Å². The zero-order valence-electron chi connectivity index (χ0n) is 24.4. The number of fused-ring (bicyclic) bond motifs is 1. The Morgan fingerprint density at radius 3 is 2.53 bits per heavy atom. The van der Waals surface area contributed by atoms with Crippen molar-refractivity contribution in [3.05, 3.63) is 66.6 Å². The van der Waals surface area contributed by atoms with Crippen LogP contribution in [-0.4, -0.2) is 71.7 Å². The van der Waals surface area contributed by atoms with Crippen molar-refractivity contribution in [1.82, 2.24) is 24.4 Å². The molecule has 0 radical (unpaired) electrons. The number of benzene rings is 2. The first-order valence-corrected chi connectivity index (χ1v) is 13.7. The zero-order valence-corrected chi connectivity index (χ0v) is 24.4. The zero-order chi connectivity index (χ0) is 30.9. The summed E-state index contributed by atoms with van der Waals surface area (Å²) in [5.41, 5.74) is 1.80. The third-order valence-electron chi connectivity index (χ3n) is 7.12. The van der Waals surface area contributed by atoms with Crippen molar-refractivity contribution < 1.29 is 22.7 Å². The minimum Gasteiger partial charge on any atom is -0.494 e. The van der Waals surface area contributed by atoms with Crippen molar-refractivity contribution >= 4 is 40.0 Å². The molecule has 10 nitrogen and oxygen atoms in total. The Bertz CT molecular complexity index is 1660. The molecule has 43 heavy (non-hydrogen) atoms. The number of rotatable bonds is 11. The molecule has 2 N–H and O–H groups in total. The molecule has 0 bridgehead atoms. The molecule has 1 aliphatic rings. The number of carbonyl (C=O) groups excluding carboxylic acids is 1. The van der Waals surface area contributed by atoms with Gasteiger partial charge in [-0.3, -0.25) is 9.36 Å². The maximum Gasteiger partial charge on any atom is 0.416 e. The van der Waals surface area contributed by atoms with Crippen molar-refractivity contribution in [3.8, 4) is 11.6 Å². The number of methoxy groups -OCH3 is 1. The van der Waals surface area contributed by atoms with Crippen LogP contribution in [0.15, 0.2) is 55.3 Å². The summed E-state index contributed by atoms with van der Waals surface area (Å²) in [7, 11) is 7.43. The lowest BCUT2D eigenvalue weighted by Gasteiger charge is -2.26. The number of ether oxygens (including phenoxy) is 1. The van der Waals surface area contributed by atoms with Gasteiger partial charge < -0.3 is 25.2 Å². The number of alkyl halides is 3. The lowest BCUT2D eigenvalue weighted by Crippen LogP contribution is -2.29. The number of hydrogen-bond donors (Lipinski definition) is 2. The van der Waals surface area contributed by atoms with Crippen LogP contribution in [0.4, 0.5) is 36.2 Å². The molecule has 2 aromatic heterocycles. The molecule has 4 aromatic rings. The highest BCUT2D eigenvalue weighted by Crippen LogP contribution is 2.43. The van der Waals surface area contributed by atoms with Crippen LogP contribution in [0.1, 0.15) is 30.1 Å². The second-order valence-electron chi connectivity index (χ2n) is 10.6. The molecule has 1 aliphatic carbocycles. The van der Waals surface area contributed by atoms with Crippen LogP contribution in [0.25, 0.3) is 16.9 Å². The SMILES string of the molecule is C=CC(=O)Nc1cc(Nc2nccc(-n3c(C4CC4)nc4cc(C(F)(F)F)ccc43)n2)c(OC)cc1N(C)CCN(C)C. The van der Waals surface area contributed by atoms with E-state index in [1.54, 1.807) is 22.9 Å². The van der Waals surface area contributed by atoms with Gasteiger partial charge in [-0.15, -0.1) is 0 Å². The number of imidazole rings is 1. The van der Waals surface area contributed by atoms with Crippen LogP contribution in [-0.2, 0) is 11.0 Å². The number of likely N-dealkylation sites (N-methyl/N-ethyl adjacent to an activating group) is 2. The summed E-state index contributed by atoms with van der Waals surface area (Å²) in [5, 5.41) is 6.04. The first-order chi connectivity index (χ1) is 20.5. The quantitative estimate of drug-likeness (QED) is 0.217. The standard InChI is InChI=1S/C30H33F3N8O2/c1-6-27(42)35-21-16-22(25(43-5)17-24(21)40(4)14-13-39(2)3)37-29-34-12-11-26(38-29)41-23-10-9-19(30(31,32)33)15-20(23)36-28(41)18-7-8-18/h6,9-12,15-18H,1,7-8,13-14H2,2-5H3,(H,35,42)(H,34,37,38). The molecular weight excluding hydrogens is 561 g/mol. The van der Waals surface area contributed by atoms with Crippen LogP contribution < -0.4 is 20.3 Å². The van der Waals surface area contributed by atoms with Gasteiger partial charge in [0.05, 0.1) is 40.8 Å². The molecule has 2 heterocycles. The van der Waals surface area contributed by atoms with E-state index in [4.69, 9.17) is 9.72 Å². The highest BCUT2D eigenvalue weighted by atomic mass is 19.4. The normalized spacial score (nSPS) is 13.3. The Hall–Kier alpha value is -4.65. The molecule has 5 rings (SSSR count). The van der Waals surface area contributed by atoms with Crippen molar-refractivity contribution in [2.75, 3.05) is 56.9 Å². The molecule has 226 valence electrons. The second kappa shape index (κ2) is 11.9. The summed E-state index contributed by atoms with van der Waals surface area (Å²) in [6.07, 6.45) is 0.0872. The Kier molecular flexibility index (Phi) is 8.27. The van der Waals surface area contributed by atoms with E-state index in [-0.39, 0.29) is 23.3 Å². The van der Waals surface area contributed by atoms with E-state index in [0.717, 1.165) is 37.2 Å². The van der Waals surface area contributed by atoms with Crippen LogP contribution >= 0.6 is 0 Å². The van der Waals surface area contributed by atoms with Gasteiger partial charge in [0.2, 0.25) is 11.9 Å².